The van der Waals surface area contributed by atoms with Gasteiger partial charge < -0.3 is 20.9 Å². The molecule has 0 atom stereocenters. The molecule has 0 spiro atoms. The highest BCUT2D eigenvalue weighted by atomic mass is 35.5. The van der Waals surface area contributed by atoms with E-state index in [4.69, 9.17) is 34.8 Å². The quantitative estimate of drug-likeness (QED) is 0.0937. The normalized spacial score (nSPS) is 10.4. The average molecular weight is 660 g/mol. The molecule has 5 N–H and O–H groups in total. The van der Waals surface area contributed by atoms with Gasteiger partial charge in [0.05, 0.1) is 0 Å². The summed E-state index contributed by atoms with van der Waals surface area (Å²) in [4.78, 5) is 42.4. The Morgan fingerprint density at radius 2 is 1.23 bits per heavy atom. The fourth-order valence-corrected chi connectivity index (χ4v) is 4.19. The molecule has 0 fully saturated rings. The van der Waals surface area contributed by atoms with Gasteiger partial charge in [-0.05, 0) is 83.4 Å². The zero-order chi connectivity index (χ0) is 32.1. The number of halogens is 3. The van der Waals surface area contributed by atoms with Gasteiger partial charge in [-0.25, -0.2) is 24.5 Å². The van der Waals surface area contributed by atoms with Gasteiger partial charge in [0.25, 0.3) is 0 Å². The van der Waals surface area contributed by atoms with Crippen LogP contribution in [-0.4, -0.2) is 64.1 Å². The standard InChI is InChI=1S/C17H23ClN6O.C12H10Cl2N4O/c1-12-10-15(19-8-5-9-24(2)3)22-16(20-12)23-17(25)21-14-7-4-6-13(18)11-14;1-7-5-10(14)17-11(15-7)18-12(19)16-9-4-2-3-8(13)6-9/h4,6-7,10-11H,5,8-9H2,1-3H3,(H3,19,20,21,22,23,25);2-6H,1H3,(H2,15,16,17,18,19). The van der Waals surface area contributed by atoms with E-state index >= 15 is 0 Å². The molecule has 0 saturated carbocycles. The summed E-state index contributed by atoms with van der Waals surface area (Å²) in [5, 5.41) is 15.0. The number of carbonyl (C=O) groups is 2. The van der Waals surface area contributed by atoms with E-state index in [1.807, 2.05) is 27.1 Å². The predicted molar refractivity (Wildman–Crippen MR) is 178 cm³/mol. The second-order valence-corrected chi connectivity index (χ2v) is 10.9. The van der Waals surface area contributed by atoms with Crippen molar-refractivity contribution in [1.29, 1.82) is 0 Å². The van der Waals surface area contributed by atoms with E-state index in [0.717, 1.165) is 25.2 Å². The third-order valence-corrected chi connectivity index (χ3v) is 6.04. The first kappa shape index (κ1) is 34.3. The number of carbonyl (C=O) groups excluding carboxylic acids is 2. The summed E-state index contributed by atoms with van der Waals surface area (Å²) >= 11 is 17.5. The van der Waals surface area contributed by atoms with Crippen molar-refractivity contribution in [3.05, 3.63) is 87.2 Å². The summed E-state index contributed by atoms with van der Waals surface area (Å²) in [6.45, 7) is 5.40. The number of nitrogens with one attached hydrogen (secondary N) is 5. The number of aromatic nitrogens is 4. The molecule has 232 valence electrons. The van der Waals surface area contributed by atoms with Crippen molar-refractivity contribution in [2.24, 2.45) is 0 Å². The van der Waals surface area contributed by atoms with Crippen LogP contribution in [0.4, 0.5) is 38.7 Å². The number of hydrogen-bond donors (Lipinski definition) is 5. The molecule has 4 aromatic rings. The van der Waals surface area contributed by atoms with E-state index < -0.39 is 12.1 Å². The molecule has 15 heteroatoms. The summed E-state index contributed by atoms with van der Waals surface area (Å²) < 4.78 is 0. The lowest BCUT2D eigenvalue weighted by atomic mass is 10.3. The molecule has 2 heterocycles. The SMILES string of the molecule is Cc1cc(Cl)nc(NC(=O)Nc2cccc(Cl)c2)n1.Cc1cc(NCCCN(C)C)nc(NC(=O)Nc2cccc(Cl)c2)n1. The minimum atomic E-state index is -0.469. The van der Waals surface area contributed by atoms with Crippen LogP contribution in [0.5, 0.6) is 0 Å². The average Bonchev–Trinajstić information content (AvgIpc) is 2.90. The van der Waals surface area contributed by atoms with Crippen molar-refractivity contribution in [3.63, 3.8) is 0 Å². The van der Waals surface area contributed by atoms with Crippen LogP contribution in [0.1, 0.15) is 17.8 Å². The third-order valence-electron chi connectivity index (χ3n) is 5.38. The lowest BCUT2D eigenvalue weighted by Gasteiger charge is -2.12. The fourth-order valence-electron chi connectivity index (χ4n) is 3.57. The molecule has 0 bridgehead atoms. The molecular formula is C29H33Cl3N10O2. The van der Waals surface area contributed by atoms with Crippen LogP contribution in [0.15, 0.2) is 60.7 Å². The van der Waals surface area contributed by atoms with E-state index in [9.17, 15) is 9.59 Å². The van der Waals surface area contributed by atoms with Crippen molar-refractivity contribution < 1.29 is 9.59 Å². The molecule has 0 aliphatic heterocycles. The van der Waals surface area contributed by atoms with Crippen molar-refractivity contribution in [1.82, 2.24) is 24.8 Å². The van der Waals surface area contributed by atoms with Gasteiger partial charge in [-0.1, -0.05) is 46.9 Å². The number of urea groups is 2. The van der Waals surface area contributed by atoms with Gasteiger partial charge in [0, 0.05) is 45.4 Å². The lowest BCUT2D eigenvalue weighted by Crippen LogP contribution is -2.21. The largest absolute Gasteiger partial charge is 0.370 e. The summed E-state index contributed by atoms with van der Waals surface area (Å²) in [5.41, 5.74) is 2.60. The molecule has 0 radical (unpaired) electrons. The molecule has 2 aromatic heterocycles. The number of nitrogens with zero attached hydrogens (tertiary/aromatic N) is 5. The first-order valence-corrected chi connectivity index (χ1v) is 14.5. The van der Waals surface area contributed by atoms with Crippen LogP contribution in [-0.2, 0) is 0 Å². The Morgan fingerprint density at radius 3 is 1.73 bits per heavy atom. The second kappa shape index (κ2) is 17.2. The van der Waals surface area contributed by atoms with Crippen molar-refractivity contribution >= 4 is 76.0 Å². The summed E-state index contributed by atoms with van der Waals surface area (Å²) in [5.74, 6) is 1.07. The maximum Gasteiger partial charge on any atom is 0.326 e. The third kappa shape index (κ3) is 13.0. The van der Waals surface area contributed by atoms with Crippen LogP contribution in [0.2, 0.25) is 15.2 Å². The lowest BCUT2D eigenvalue weighted by molar-refractivity contribution is 0.261. The summed E-state index contributed by atoms with van der Waals surface area (Å²) in [6.07, 6.45) is 0.994. The van der Waals surface area contributed by atoms with Crippen LogP contribution in [0, 0.1) is 13.8 Å². The van der Waals surface area contributed by atoms with E-state index in [1.165, 1.54) is 0 Å². The number of anilines is 5. The zero-order valence-corrected chi connectivity index (χ0v) is 26.8. The first-order chi connectivity index (χ1) is 20.9. The Labute approximate surface area is 271 Å². The van der Waals surface area contributed by atoms with E-state index in [0.29, 0.717) is 32.9 Å². The predicted octanol–water partition coefficient (Wildman–Crippen LogP) is 7.18. The van der Waals surface area contributed by atoms with Crippen molar-refractivity contribution in [3.8, 4) is 0 Å². The molecule has 4 amide bonds. The summed E-state index contributed by atoms with van der Waals surface area (Å²) in [7, 11) is 4.07. The molecular weight excluding hydrogens is 627 g/mol. The van der Waals surface area contributed by atoms with Gasteiger partial charge >= 0.3 is 12.1 Å². The Hall–Kier alpha value is -4.23. The maximum atomic E-state index is 12.1. The Balaban J connectivity index is 0.000000249. The summed E-state index contributed by atoms with van der Waals surface area (Å²) in [6, 6.07) is 16.3. The Morgan fingerprint density at radius 1 is 0.705 bits per heavy atom. The van der Waals surface area contributed by atoms with Gasteiger partial charge in [0.1, 0.15) is 11.0 Å². The van der Waals surface area contributed by atoms with E-state index in [1.54, 1.807) is 61.5 Å². The molecule has 2 aromatic carbocycles. The number of hydrogen-bond acceptors (Lipinski definition) is 8. The number of benzene rings is 2. The highest BCUT2D eigenvalue weighted by Crippen LogP contribution is 2.17. The van der Waals surface area contributed by atoms with Crippen LogP contribution in [0.25, 0.3) is 0 Å². The minimum Gasteiger partial charge on any atom is -0.370 e. The topological polar surface area (TPSA) is 149 Å². The molecule has 4 rings (SSSR count). The highest BCUT2D eigenvalue weighted by Gasteiger charge is 2.09. The number of amides is 4. The first-order valence-electron chi connectivity index (χ1n) is 13.4. The van der Waals surface area contributed by atoms with Crippen LogP contribution in [0.3, 0.4) is 0 Å². The van der Waals surface area contributed by atoms with Crippen LogP contribution >= 0.6 is 34.8 Å². The monoisotopic (exact) mass is 658 g/mol. The number of rotatable bonds is 9. The minimum absolute atomic E-state index is 0.143. The Bertz CT molecular complexity index is 1550. The van der Waals surface area contributed by atoms with Crippen LogP contribution < -0.4 is 26.6 Å². The van der Waals surface area contributed by atoms with Gasteiger partial charge in [-0.3, -0.25) is 10.6 Å². The molecule has 44 heavy (non-hydrogen) atoms. The number of aryl methyl sites for hydroxylation is 2. The van der Waals surface area contributed by atoms with Crippen molar-refractivity contribution in [2.75, 3.05) is 53.8 Å². The second-order valence-electron chi connectivity index (χ2n) is 9.64. The maximum absolute atomic E-state index is 12.1. The molecule has 0 aliphatic carbocycles. The van der Waals surface area contributed by atoms with E-state index in [2.05, 4.69) is 51.4 Å². The zero-order valence-electron chi connectivity index (χ0n) is 24.6. The smallest absolute Gasteiger partial charge is 0.326 e. The molecule has 12 nitrogen and oxygen atoms in total. The molecule has 0 aliphatic rings. The highest BCUT2D eigenvalue weighted by molar-refractivity contribution is 6.31. The molecule has 0 unspecified atom stereocenters. The van der Waals surface area contributed by atoms with Gasteiger partial charge in [0.15, 0.2) is 0 Å². The van der Waals surface area contributed by atoms with Crippen molar-refractivity contribution in [2.45, 2.75) is 20.3 Å². The van der Waals surface area contributed by atoms with Gasteiger partial charge in [-0.15, -0.1) is 0 Å². The van der Waals surface area contributed by atoms with Gasteiger partial charge in [0.2, 0.25) is 11.9 Å². The van der Waals surface area contributed by atoms with Gasteiger partial charge in [-0.2, -0.15) is 4.98 Å². The fraction of sp³-hybridized carbons (Fsp3) is 0.241. The Kier molecular flexibility index (Phi) is 13.4. The molecule has 0 saturated heterocycles. The van der Waals surface area contributed by atoms with E-state index in [-0.39, 0.29) is 17.0 Å².